The van der Waals surface area contributed by atoms with E-state index in [0.717, 1.165) is 39.1 Å². The van der Waals surface area contributed by atoms with E-state index in [9.17, 15) is 0 Å². The molecule has 0 saturated heterocycles. The van der Waals surface area contributed by atoms with Gasteiger partial charge >= 0.3 is 0 Å². The summed E-state index contributed by atoms with van der Waals surface area (Å²) in [6.07, 6.45) is 1.69. The highest BCUT2D eigenvalue weighted by Crippen LogP contribution is 2.33. The molecule has 0 saturated carbocycles. The van der Waals surface area contributed by atoms with Gasteiger partial charge < -0.3 is 14.5 Å². The van der Waals surface area contributed by atoms with Gasteiger partial charge in [0.1, 0.15) is 12.0 Å². The normalized spacial score (nSPS) is 11.5. The zero-order chi connectivity index (χ0) is 15.2. The van der Waals surface area contributed by atoms with E-state index in [0.29, 0.717) is 0 Å². The first-order chi connectivity index (χ1) is 11.4. The summed E-state index contributed by atoms with van der Waals surface area (Å²) >= 11 is 0. The Morgan fingerprint density at radius 2 is 1.35 bits per heavy atom. The molecule has 0 atom stereocenters. The van der Waals surface area contributed by atoms with E-state index < -0.39 is 0 Å². The number of aromatic nitrogens is 3. The van der Waals surface area contributed by atoms with Crippen molar-refractivity contribution in [1.29, 1.82) is 0 Å². The molecule has 0 fully saturated rings. The van der Waals surface area contributed by atoms with Gasteiger partial charge in [-0.15, -0.1) is 0 Å². The maximum Gasteiger partial charge on any atom is 0.139 e. The molecule has 0 radical (unpaired) electrons. The molecule has 0 aliphatic carbocycles. The van der Waals surface area contributed by atoms with Crippen molar-refractivity contribution in [2.75, 3.05) is 0 Å². The number of hydrogen-bond acceptors (Lipinski definition) is 2. The number of nitrogens with zero attached hydrogens (tertiary/aromatic N) is 1. The van der Waals surface area contributed by atoms with Gasteiger partial charge in [-0.2, -0.15) is 0 Å². The third-order valence-electron chi connectivity index (χ3n) is 4.17. The second-order valence-electron chi connectivity index (χ2n) is 5.62. The average Bonchev–Trinajstić information content (AvgIpc) is 3.30. The molecular formula is C19H13N3O. The Balaban J connectivity index is 1.69. The molecule has 0 aliphatic heterocycles. The predicted molar refractivity (Wildman–Crippen MR) is 91.1 cm³/mol. The number of rotatable bonds is 2. The van der Waals surface area contributed by atoms with Crippen molar-refractivity contribution in [2.45, 2.75) is 0 Å². The van der Waals surface area contributed by atoms with Gasteiger partial charge in [-0.25, -0.2) is 0 Å². The van der Waals surface area contributed by atoms with Crippen molar-refractivity contribution in [2.24, 2.45) is 0 Å². The van der Waals surface area contributed by atoms with Crippen molar-refractivity contribution in [3.8, 4) is 22.6 Å². The molecule has 5 rings (SSSR count). The largest absolute Gasteiger partial charge is 0.363 e. The van der Waals surface area contributed by atoms with E-state index >= 15 is 0 Å². The summed E-state index contributed by atoms with van der Waals surface area (Å²) in [5, 5.41) is 6.53. The molecule has 4 nitrogen and oxygen atoms in total. The lowest BCUT2D eigenvalue weighted by atomic mass is 10.1. The first kappa shape index (κ1) is 12.3. The molecular weight excluding hydrogens is 286 g/mol. The van der Waals surface area contributed by atoms with Crippen LogP contribution in [0.3, 0.4) is 0 Å². The summed E-state index contributed by atoms with van der Waals surface area (Å²) < 4.78 is 5.26. The van der Waals surface area contributed by atoms with E-state index in [2.05, 4.69) is 51.5 Å². The fourth-order valence-corrected chi connectivity index (χ4v) is 3.04. The van der Waals surface area contributed by atoms with Gasteiger partial charge in [-0.3, -0.25) is 0 Å². The molecule has 3 heterocycles. The summed E-state index contributed by atoms with van der Waals surface area (Å²) in [5.74, 6) is 0. The van der Waals surface area contributed by atoms with Crippen LogP contribution in [0.15, 0.2) is 71.4 Å². The molecule has 2 N–H and O–H groups in total. The van der Waals surface area contributed by atoms with Crippen molar-refractivity contribution in [3.05, 3.63) is 66.9 Å². The molecule has 0 bridgehead atoms. The molecule has 5 aromatic rings. The van der Waals surface area contributed by atoms with Crippen molar-refractivity contribution in [3.63, 3.8) is 0 Å². The first-order valence-corrected chi connectivity index (χ1v) is 7.49. The minimum atomic E-state index is 0.813. The SMILES string of the molecule is c1ccc2[nH]c(-c3conc3-c3cc4ccccc4[nH]3)cc2c1. The summed E-state index contributed by atoms with van der Waals surface area (Å²) in [4.78, 5) is 6.83. The fraction of sp³-hybridized carbons (Fsp3) is 0. The Hall–Kier alpha value is -3.27. The first-order valence-electron chi connectivity index (χ1n) is 7.49. The van der Waals surface area contributed by atoms with Gasteiger partial charge in [-0.05, 0) is 24.3 Å². The number of para-hydroxylation sites is 2. The number of hydrogen-bond donors (Lipinski definition) is 2. The van der Waals surface area contributed by atoms with Crippen LogP contribution in [-0.4, -0.2) is 15.1 Å². The lowest BCUT2D eigenvalue weighted by Gasteiger charge is -1.96. The Morgan fingerprint density at radius 1 is 0.739 bits per heavy atom. The molecule has 0 aliphatic rings. The Morgan fingerprint density at radius 3 is 2.04 bits per heavy atom. The Kier molecular flexibility index (Phi) is 2.46. The monoisotopic (exact) mass is 299 g/mol. The molecule has 0 spiro atoms. The fourth-order valence-electron chi connectivity index (χ4n) is 3.04. The summed E-state index contributed by atoms with van der Waals surface area (Å²) in [7, 11) is 0. The number of fused-ring (bicyclic) bond motifs is 2. The topological polar surface area (TPSA) is 57.6 Å². The summed E-state index contributed by atoms with van der Waals surface area (Å²) in [6, 6.07) is 20.6. The standard InChI is InChI=1S/C19H13N3O/c1-3-7-15-12(5-1)9-17(20-15)14-11-23-22-19(14)18-10-13-6-2-4-8-16(13)21-18/h1-11,20-21H. The van der Waals surface area contributed by atoms with Gasteiger partial charge in [0.25, 0.3) is 0 Å². The van der Waals surface area contributed by atoms with Crippen LogP contribution in [0.25, 0.3) is 44.5 Å². The number of H-pyrrole nitrogens is 2. The maximum absolute atomic E-state index is 5.26. The van der Waals surface area contributed by atoms with Gasteiger partial charge in [0.05, 0.1) is 17.0 Å². The second-order valence-corrected chi connectivity index (χ2v) is 5.62. The molecule has 3 aromatic heterocycles. The van der Waals surface area contributed by atoms with Crippen LogP contribution < -0.4 is 0 Å². The lowest BCUT2D eigenvalue weighted by molar-refractivity contribution is 0.422. The van der Waals surface area contributed by atoms with Crippen molar-refractivity contribution >= 4 is 21.8 Å². The summed E-state index contributed by atoms with van der Waals surface area (Å²) in [5.41, 5.74) is 5.91. The quantitative estimate of drug-likeness (QED) is 0.483. The van der Waals surface area contributed by atoms with Gasteiger partial charge in [-0.1, -0.05) is 41.6 Å². The van der Waals surface area contributed by atoms with E-state index in [1.54, 1.807) is 6.26 Å². The smallest absolute Gasteiger partial charge is 0.139 e. The van der Waals surface area contributed by atoms with Crippen LogP contribution in [0.1, 0.15) is 0 Å². The summed E-state index contributed by atoms with van der Waals surface area (Å²) in [6.45, 7) is 0. The van der Waals surface area contributed by atoms with Crippen molar-refractivity contribution < 1.29 is 4.52 Å². The highest BCUT2D eigenvalue weighted by molar-refractivity contribution is 5.91. The molecule has 4 heteroatoms. The molecule has 23 heavy (non-hydrogen) atoms. The maximum atomic E-state index is 5.26. The molecule has 110 valence electrons. The zero-order valence-electron chi connectivity index (χ0n) is 12.2. The van der Waals surface area contributed by atoms with Gasteiger partial charge in [0.2, 0.25) is 0 Å². The highest BCUT2D eigenvalue weighted by atomic mass is 16.5. The van der Waals surface area contributed by atoms with Crippen molar-refractivity contribution in [1.82, 2.24) is 15.1 Å². The Bertz CT molecular complexity index is 975. The third-order valence-corrected chi connectivity index (χ3v) is 4.17. The number of nitrogens with one attached hydrogen (secondary N) is 2. The van der Waals surface area contributed by atoms with Crippen LogP contribution in [0.4, 0.5) is 0 Å². The second kappa shape index (κ2) is 4.61. The van der Waals surface area contributed by atoms with E-state index in [-0.39, 0.29) is 0 Å². The highest BCUT2D eigenvalue weighted by Gasteiger charge is 2.16. The minimum absolute atomic E-state index is 0.813. The predicted octanol–water partition coefficient (Wildman–Crippen LogP) is 4.97. The van der Waals surface area contributed by atoms with Crippen LogP contribution in [-0.2, 0) is 0 Å². The third kappa shape index (κ3) is 1.89. The van der Waals surface area contributed by atoms with E-state index in [4.69, 9.17) is 4.52 Å². The van der Waals surface area contributed by atoms with E-state index in [1.807, 2.05) is 24.3 Å². The molecule has 2 aromatic carbocycles. The minimum Gasteiger partial charge on any atom is -0.363 e. The van der Waals surface area contributed by atoms with Gasteiger partial charge in [0.15, 0.2) is 0 Å². The van der Waals surface area contributed by atoms with Crippen LogP contribution in [0.2, 0.25) is 0 Å². The van der Waals surface area contributed by atoms with Crippen LogP contribution in [0.5, 0.6) is 0 Å². The van der Waals surface area contributed by atoms with Crippen LogP contribution >= 0.6 is 0 Å². The number of aromatic amines is 2. The molecule has 0 amide bonds. The number of benzene rings is 2. The average molecular weight is 299 g/mol. The zero-order valence-corrected chi connectivity index (χ0v) is 12.2. The lowest BCUT2D eigenvalue weighted by Crippen LogP contribution is -1.82. The Labute approximate surface area is 131 Å². The van der Waals surface area contributed by atoms with E-state index in [1.165, 1.54) is 5.39 Å². The van der Waals surface area contributed by atoms with Crippen LogP contribution in [0, 0.1) is 0 Å². The van der Waals surface area contributed by atoms with Gasteiger partial charge in [0, 0.05) is 21.8 Å². The molecule has 0 unspecified atom stereocenters.